The summed E-state index contributed by atoms with van der Waals surface area (Å²) in [5, 5.41) is 31.2. The van der Waals surface area contributed by atoms with Crippen molar-refractivity contribution in [1.29, 1.82) is 0 Å². The van der Waals surface area contributed by atoms with Gasteiger partial charge in [-0.25, -0.2) is 19.6 Å². The van der Waals surface area contributed by atoms with Gasteiger partial charge in [0, 0.05) is 21.7 Å². The molecule has 4 N–H and O–H groups in total. The predicted octanol–water partition coefficient (Wildman–Crippen LogP) is 6.66. The summed E-state index contributed by atoms with van der Waals surface area (Å²) in [6, 6.07) is 0. The molecule has 8 nitrogen and oxygen atoms in total. The maximum Gasteiger partial charge on any atom is 0.0819 e. The van der Waals surface area contributed by atoms with Crippen molar-refractivity contribution in [2.24, 2.45) is 0 Å². The number of hydrogen-bond acceptors (Lipinski definition) is 8. The van der Waals surface area contributed by atoms with Crippen LogP contribution < -0.4 is 0 Å². The summed E-state index contributed by atoms with van der Waals surface area (Å²) in [5.74, 6) is 0. The summed E-state index contributed by atoms with van der Waals surface area (Å²) >= 11 is 0. The third kappa shape index (κ3) is 73.6. The first kappa shape index (κ1) is 39.8. The molecule has 0 spiro atoms. The zero-order chi connectivity index (χ0) is 22.1. The van der Waals surface area contributed by atoms with Gasteiger partial charge in [-0.05, 0) is 25.7 Å². The van der Waals surface area contributed by atoms with Gasteiger partial charge in [0.1, 0.15) is 0 Å². The van der Waals surface area contributed by atoms with Crippen LogP contribution in [0, 0.1) is 0 Å². The number of hydrogen-bond donors (Lipinski definition) is 4. The third-order valence-corrected chi connectivity index (χ3v) is 3.36. The predicted molar refractivity (Wildman–Crippen MR) is 112 cm³/mol. The molecule has 0 aromatic rings. The Bertz CT molecular complexity index is 147. The van der Waals surface area contributed by atoms with Gasteiger partial charge in [-0.2, -0.15) is 0 Å². The minimum absolute atomic E-state index is 0. The van der Waals surface area contributed by atoms with Gasteiger partial charge >= 0.3 is 0 Å². The molecule has 0 aromatic heterocycles. The summed E-state index contributed by atoms with van der Waals surface area (Å²) in [4.78, 5) is 15.4. The van der Waals surface area contributed by atoms with E-state index in [4.69, 9.17) is 21.0 Å². The Labute approximate surface area is 193 Å². The van der Waals surface area contributed by atoms with E-state index in [1.807, 2.05) is 0 Å². The van der Waals surface area contributed by atoms with Gasteiger partial charge in [0.05, 0.1) is 26.4 Å². The first-order valence-electron chi connectivity index (χ1n) is 10.7. The molecule has 0 aliphatic carbocycles. The summed E-state index contributed by atoms with van der Waals surface area (Å²) in [5.41, 5.74) is 0. The van der Waals surface area contributed by atoms with Gasteiger partial charge in [-0.15, -0.1) is 0 Å². The van der Waals surface area contributed by atoms with Crippen molar-refractivity contribution in [2.75, 3.05) is 26.4 Å². The summed E-state index contributed by atoms with van der Waals surface area (Å²) < 4.78 is 0. The molecule has 0 unspecified atom stereocenters. The van der Waals surface area contributed by atoms with E-state index in [1.54, 1.807) is 0 Å². The first-order chi connectivity index (χ1) is 13.7. The smallest absolute Gasteiger partial charge is 0.0819 e. The molecule has 0 aliphatic heterocycles. The van der Waals surface area contributed by atoms with Gasteiger partial charge in [-0.3, -0.25) is 21.0 Å². The van der Waals surface area contributed by atoms with E-state index in [0.717, 1.165) is 51.4 Å². The maximum atomic E-state index is 7.79. The van der Waals surface area contributed by atoms with Gasteiger partial charge in [0.25, 0.3) is 0 Å². The van der Waals surface area contributed by atoms with E-state index in [-0.39, 0.29) is 21.7 Å². The van der Waals surface area contributed by atoms with Crippen LogP contribution in [-0.2, 0) is 41.3 Å². The molecular weight excluding hydrogens is 416 g/mol. The Kier molecular flexibility index (Phi) is 70.4. The van der Waals surface area contributed by atoms with Crippen molar-refractivity contribution in [3.8, 4) is 0 Å². The average Bonchev–Trinajstić information content (AvgIpc) is 2.71. The van der Waals surface area contributed by atoms with E-state index >= 15 is 0 Å². The van der Waals surface area contributed by atoms with Crippen LogP contribution in [0.2, 0.25) is 0 Å². The molecule has 0 aromatic carbocycles. The number of unbranched alkanes of at least 4 members (excludes halogenated alkanes) is 8. The van der Waals surface area contributed by atoms with Crippen LogP contribution >= 0.6 is 0 Å². The zero-order valence-electron chi connectivity index (χ0n) is 19.2. The number of rotatable bonds is 16. The molecule has 0 bridgehead atoms. The SMILES string of the molecule is CCCCCOO.CCCCCOO.CCCCCOO.CCCCCOO.[Ti]. The summed E-state index contributed by atoms with van der Waals surface area (Å²) in [6.07, 6.45) is 13.1. The summed E-state index contributed by atoms with van der Waals surface area (Å²) in [7, 11) is 0. The normalized spacial score (nSPS) is 9.10. The minimum Gasteiger partial charge on any atom is -0.252 e. The molecule has 9 heteroatoms. The van der Waals surface area contributed by atoms with Crippen molar-refractivity contribution < 1.29 is 62.3 Å². The standard InChI is InChI=1S/4C5H12O2.Ti/c4*1-2-3-4-5-7-6;/h4*6H,2-5H2,1H3;. The molecule has 0 radical (unpaired) electrons. The van der Waals surface area contributed by atoms with Crippen LogP contribution in [0.15, 0.2) is 0 Å². The topological polar surface area (TPSA) is 118 Å². The van der Waals surface area contributed by atoms with Gasteiger partial charge in [0.15, 0.2) is 0 Å². The van der Waals surface area contributed by atoms with E-state index in [1.165, 1.54) is 25.7 Å². The first-order valence-corrected chi connectivity index (χ1v) is 10.7. The van der Waals surface area contributed by atoms with Gasteiger partial charge in [0.2, 0.25) is 0 Å². The quantitative estimate of drug-likeness (QED) is 0.0866. The van der Waals surface area contributed by atoms with Crippen LogP contribution in [0.4, 0.5) is 0 Å². The van der Waals surface area contributed by atoms with Crippen LogP contribution in [0.25, 0.3) is 0 Å². The fourth-order valence-corrected chi connectivity index (χ4v) is 1.67. The van der Waals surface area contributed by atoms with Crippen LogP contribution in [-0.4, -0.2) is 47.5 Å². The second kappa shape index (κ2) is 51.2. The second-order valence-electron chi connectivity index (χ2n) is 6.16. The molecule has 0 heterocycles. The zero-order valence-corrected chi connectivity index (χ0v) is 20.8. The van der Waals surface area contributed by atoms with Crippen molar-refractivity contribution >= 4 is 0 Å². The Balaban J connectivity index is -0.0000000873. The van der Waals surface area contributed by atoms with E-state index < -0.39 is 0 Å². The molecule has 0 atom stereocenters. The molecule has 0 saturated heterocycles. The van der Waals surface area contributed by atoms with E-state index in [0.29, 0.717) is 26.4 Å². The molecule has 0 saturated carbocycles. The molecule has 180 valence electrons. The molecule has 0 fully saturated rings. The van der Waals surface area contributed by atoms with E-state index in [2.05, 4.69) is 47.2 Å². The Morgan fingerprint density at radius 3 is 0.655 bits per heavy atom. The average molecular weight is 464 g/mol. The molecule has 29 heavy (non-hydrogen) atoms. The van der Waals surface area contributed by atoms with Crippen LogP contribution in [0.3, 0.4) is 0 Å². The summed E-state index contributed by atoms with van der Waals surface area (Å²) in [6.45, 7) is 10.4. The minimum atomic E-state index is 0. The molecule has 0 rings (SSSR count). The van der Waals surface area contributed by atoms with Gasteiger partial charge in [-0.1, -0.05) is 79.1 Å². The van der Waals surface area contributed by atoms with Crippen molar-refractivity contribution in [1.82, 2.24) is 0 Å². The second-order valence-corrected chi connectivity index (χ2v) is 6.16. The molecule has 0 amide bonds. The largest absolute Gasteiger partial charge is 0.252 e. The van der Waals surface area contributed by atoms with Crippen LogP contribution in [0.5, 0.6) is 0 Å². The Morgan fingerprint density at radius 1 is 0.379 bits per heavy atom. The fraction of sp³-hybridized carbons (Fsp3) is 1.00. The third-order valence-electron chi connectivity index (χ3n) is 3.36. The maximum absolute atomic E-state index is 7.79. The monoisotopic (exact) mass is 464 g/mol. The van der Waals surface area contributed by atoms with Crippen LogP contribution in [0.1, 0.15) is 105 Å². The van der Waals surface area contributed by atoms with Crippen molar-refractivity contribution in [3.05, 3.63) is 0 Å². The Morgan fingerprint density at radius 2 is 0.552 bits per heavy atom. The molecular formula is C20H48O8Ti. The Hall–Kier alpha value is 0.394. The van der Waals surface area contributed by atoms with Gasteiger partial charge < -0.3 is 0 Å². The van der Waals surface area contributed by atoms with Crippen molar-refractivity contribution in [2.45, 2.75) is 105 Å². The van der Waals surface area contributed by atoms with E-state index in [9.17, 15) is 0 Å². The fourth-order valence-electron chi connectivity index (χ4n) is 1.67. The molecule has 0 aliphatic rings. The van der Waals surface area contributed by atoms with Crippen molar-refractivity contribution in [3.63, 3.8) is 0 Å².